The number of rotatable bonds is 3. The molecule has 0 radical (unpaired) electrons. The van der Waals surface area contributed by atoms with Crippen LogP contribution in [-0.4, -0.2) is 53.6 Å². The van der Waals surface area contributed by atoms with Crippen LogP contribution in [0.25, 0.3) is 16.6 Å². The molecule has 1 N–H and O–H groups in total. The van der Waals surface area contributed by atoms with Gasteiger partial charge in [0.15, 0.2) is 11.6 Å². The van der Waals surface area contributed by atoms with E-state index in [0.29, 0.717) is 31.7 Å². The molecule has 1 aliphatic rings. The second-order valence-electron chi connectivity index (χ2n) is 7.10. The van der Waals surface area contributed by atoms with Gasteiger partial charge in [-0.3, -0.25) is 9.20 Å². The number of piperazine rings is 1. The quantitative estimate of drug-likeness (QED) is 0.684. The topological polar surface area (TPSA) is 65.3 Å². The van der Waals surface area contributed by atoms with E-state index < -0.39 is 28.7 Å². The first kappa shape index (κ1) is 21.7. The summed E-state index contributed by atoms with van der Waals surface area (Å²) in [6.07, 6.45) is 0.882. The predicted octanol–water partition coefficient (Wildman–Crippen LogP) is 3.12. The molecular formula is C21H20ClF2N3O3. The number of carboxylic acids is 1. The molecule has 6 nitrogen and oxygen atoms in total. The molecule has 1 saturated heterocycles. The number of likely N-dealkylation sites (N-methyl/N-ethyl adjacent to an activating group) is 1. The lowest BCUT2D eigenvalue weighted by Crippen LogP contribution is -2.45. The number of pyridine rings is 2. The van der Waals surface area contributed by atoms with Crippen molar-refractivity contribution in [3.05, 3.63) is 70.1 Å². The second-order valence-corrected chi connectivity index (χ2v) is 7.10. The monoisotopic (exact) mass is 435 g/mol. The van der Waals surface area contributed by atoms with E-state index in [-0.39, 0.29) is 29.2 Å². The van der Waals surface area contributed by atoms with E-state index in [4.69, 9.17) is 0 Å². The highest BCUT2D eigenvalue weighted by atomic mass is 35.5. The van der Waals surface area contributed by atoms with Gasteiger partial charge in [-0.15, -0.1) is 12.4 Å². The van der Waals surface area contributed by atoms with Crippen molar-refractivity contribution < 1.29 is 18.7 Å². The van der Waals surface area contributed by atoms with Gasteiger partial charge in [-0.05, 0) is 18.7 Å². The van der Waals surface area contributed by atoms with Crippen LogP contribution < -0.4 is 10.5 Å². The summed E-state index contributed by atoms with van der Waals surface area (Å²) in [5.41, 5.74) is -1.11. The van der Waals surface area contributed by atoms with Gasteiger partial charge in [-0.1, -0.05) is 30.3 Å². The molecule has 0 amide bonds. The van der Waals surface area contributed by atoms with Gasteiger partial charge < -0.3 is 14.9 Å². The number of fused-ring (bicyclic) bond motifs is 1. The maximum atomic E-state index is 15.7. The summed E-state index contributed by atoms with van der Waals surface area (Å²) >= 11 is 0. The number of anilines is 1. The van der Waals surface area contributed by atoms with Crippen LogP contribution in [0.1, 0.15) is 10.4 Å². The highest BCUT2D eigenvalue weighted by molar-refractivity contribution is 5.93. The average Bonchev–Trinajstić information content (AvgIpc) is 2.70. The molecule has 0 aliphatic carbocycles. The molecule has 0 saturated carbocycles. The van der Waals surface area contributed by atoms with Crippen LogP contribution in [0.4, 0.5) is 14.5 Å². The van der Waals surface area contributed by atoms with E-state index >= 15 is 4.39 Å². The highest BCUT2D eigenvalue weighted by Crippen LogP contribution is 2.33. The first-order valence-electron chi connectivity index (χ1n) is 9.18. The number of halogens is 3. The van der Waals surface area contributed by atoms with Gasteiger partial charge in [0.2, 0.25) is 0 Å². The van der Waals surface area contributed by atoms with Crippen LogP contribution in [0.15, 0.2) is 47.4 Å². The number of nitrogens with zero attached hydrogens (tertiary/aromatic N) is 3. The number of aromatic carboxylic acids is 1. The Labute approximate surface area is 177 Å². The Balaban J connectivity index is 0.00000256. The first-order chi connectivity index (χ1) is 13.9. The van der Waals surface area contributed by atoms with Gasteiger partial charge in [-0.25, -0.2) is 13.6 Å². The van der Waals surface area contributed by atoms with Crippen molar-refractivity contribution >= 4 is 29.6 Å². The third kappa shape index (κ3) is 3.64. The fourth-order valence-corrected chi connectivity index (χ4v) is 3.69. The molecule has 1 aliphatic heterocycles. The largest absolute Gasteiger partial charge is 0.477 e. The Bertz CT molecular complexity index is 1160. The molecular weight excluding hydrogens is 416 g/mol. The van der Waals surface area contributed by atoms with Crippen LogP contribution in [0.2, 0.25) is 0 Å². The summed E-state index contributed by atoms with van der Waals surface area (Å²) in [6, 6.07) is 9.74. The third-order valence-corrected chi connectivity index (χ3v) is 5.25. The van der Waals surface area contributed by atoms with E-state index in [9.17, 15) is 19.1 Å². The maximum absolute atomic E-state index is 15.7. The molecule has 3 aromatic rings. The van der Waals surface area contributed by atoms with E-state index in [1.807, 2.05) is 7.05 Å². The standard InChI is InChI=1S/C21H19F2N3O3.ClH/c1-24-7-9-25(10-8-24)19-16(22)12-26-18(17(19)23)14(13-5-3-2-4-6-13)11-15(20(26)27)21(28)29;/h2-6,11-12H,7-10H2,1H3,(H,28,29);1H. The minimum Gasteiger partial charge on any atom is -0.477 e. The Hall–Kier alpha value is -2.97. The zero-order chi connectivity index (χ0) is 20.7. The van der Waals surface area contributed by atoms with Crippen LogP contribution >= 0.6 is 12.4 Å². The summed E-state index contributed by atoms with van der Waals surface area (Å²) in [4.78, 5) is 27.8. The molecule has 0 unspecified atom stereocenters. The first-order valence-corrected chi connectivity index (χ1v) is 9.18. The molecule has 2 aromatic heterocycles. The van der Waals surface area contributed by atoms with Gasteiger partial charge >= 0.3 is 5.97 Å². The second kappa shape index (κ2) is 8.41. The molecule has 9 heteroatoms. The summed E-state index contributed by atoms with van der Waals surface area (Å²) in [7, 11) is 1.94. The van der Waals surface area contributed by atoms with Crippen molar-refractivity contribution in [3.63, 3.8) is 0 Å². The number of hydrogen-bond acceptors (Lipinski definition) is 4. The molecule has 0 atom stereocenters. The average molecular weight is 436 g/mol. The highest BCUT2D eigenvalue weighted by Gasteiger charge is 2.26. The maximum Gasteiger partial charge on any atom is 0.341 e. The summed E-state index contributed by atoms with van der Waals surface area (Å²) in [5.74, 6) is -3.23. The Morgan fingerprint density at radius 3 is 2.30 bits per heavy atom. The lowest BCUT2D eigenvalue weighted by Gasteiger charge is -2.34. The van der Waals surface area contributed by atoms with Crippen LogP contribution in [-0.2, 0) is 0 Å². The molecule has 30 heavy (non-hydrogen) atoms. The van der Waals surface area contributed by atoms with E-state index in [0.717, 1.165) is 16.7 Å². The molecule has 3 heterocycles. The minimum absolute atomic E-state index is 0. The van der Waals surface area contributed by atoms with Crippen molar-refractivity contribution in [2.75, 3.05) is 38.1 Å². The fraction of sp³-hybridized carbons (Fsp3) is 0.238. The molecule has 0 spiro atoms. The Morgan fingerprint density at radius 1 is 1.07 bits per heavy atom. The van der Waals surface area contributed by atoms with E-state index in [1.54, 1.807) is 35.2 Å². The normalized spacial score (nSPS) is 14.6. The Morgan fingerprint density at radius 2 is 1.70 bits per heavy atom. The third-order valence-electron chi connectivity index (χ3n) is 5.25. The van der Waals surface area contributed by atoms with E-state index in [1.165, 1.54) is 0 Å². The lowest BCUT2D eigenvalue weighted by molar-refractivity contribution is 0.0694. The fourth-order valence-electron chi connectivity index (χ4n) is 3.69. The number of benzene rings is 1. The van der Waals surface area contributed by atoms with Gasteiger partial charge in [-0.2, -0.15) is 0 Å². The SMILES string of the molecule is CN1CCN(c2c(F)cn3c(=O)c(C(=O)O)cc(-c4ccccc4)c3c2F)CC1.Cl. The van der Waals surface area contributed by atoms with Gasteiger partial charge in [0.1, 0.15) is 11.3 Å². The number of hydrogen-bond donors (Lipinski definition) is 1. The summed E-state index contributed by atoms with van der Waals surface area (Å²) < 4.78 is 31.3. The van der Waals surface area contributed by atoms with Gasteiger partial charge in [0.25, 0.3) is 5.56 Å². The van der Waals surface area contributed by atoms with Gasteiger partial charge in [0, 0.05) is 31.7 Å². The summed E-state index contributed by atoms with van der Waals surface area (Å²) in [5, 5.41) is 9.40. The van der Waals surface area contributed by atoms with Gasteiger partial charge in [0.05, 0.1) is 11.7 Å². The Kier molecular flexibility index (Phi) is 6.09. The summed E-state index contributed by atoms with van der Waals surface area (Å²) in [6.45, 7) is 2.19. The molecule has 4 rings (SSSR count). The van der Waals surface area contributed by atoms with E-state index in [2.05, 4.69) is 4.90 Å². The smallest absolute Gasteiger partial charge is 0.341 e. The zero-order valence-corrected chi connectivity index (χ0v) is 17.0. The van der Waals surface area contributed by atoms with Crippen molar-refractivity contribution in [3.8, 4) is 11.1 Å². The molecule has 158 valence electrons. The van der Waals surface area contributed by atoms with Crippen LogP contribution in [0.5, 0.6) is 0 Å². The predicted molar refractivity (Wildman–Crippen MR) is 113 cm³/mol. The van der Waals surface area contributed by atoms with Crippen LogP contribution in [0.3, 0.4) is 0 Å². The zero-order valence-electron chi connectivity index (χ0n) is 16.1. The van der Waals surface area contributed by atoms with Crippen LogP contribution in [0, 0.1) is 11.6 Å². The molecule has 0 bridgehead atoms. The van der Waals surface area contributed by atoms with Crippen molar-refractivity contribution in [1.82, 2.24) is 9.30 Å². The van der Waals surface area contributed by atoms with Crippen molar-refractivity contribution in [1.29, 1.82) is 0 Å². The molecule has 1 fully saturated rings. The van der Waals surface area contributed by atoms with Crippen molar-refractivity contribution in [2.45, 2.75) is 0 Å². The number of aromatic nitrogens is 1. The minimum atomic E-state index is -1.45. The number of carbonyl (C=O) groups is 1. The van der Waals surface area contributed by atoms with Crippen molar-refractivity contribution in [2.24, 2.45) is 0 Å². The lowest BCUT2D eigenvalue weighted by atomic mass is 10.0. The molecule has 1 aromatic carbocycles. The number of carboxylic acid groups (broad SMARTS) is 1.